The van der Waals surface area contributed by atoms with Crippen LogP contribution in [0.1, 0.15) is 55.1 Å². The van der Waals surface area contributed by atoms with E-state index >= 15 is 0 Å². The molecule has 1 amide bonds. The number of rotatable bonds is 10. The summed E-state index contributed by atoms with van der Waals surface area (Å²) >= 11 is 6.33. The van der Waals surface area contributed by atoms with E-state index < -0.39 is 23.8 Å². The van der Waals surface area contributed by atoms with Crippen molar-refractivity contribution in [3.8, 4) is 11.5 Å². The van der Waals surface area contributed by atoms with E-state index in [-0.39, 0.29) is 16.6 Å². The molecule has 1 atom stereocenters. The molecule has 0 aliphatic heterocycles. The smallest absolute Gasteiger partial charge is 0.339 e. The average Bonchev–Trinajstić information content (AvgIpc) is 3.56. The highest BCUT2D eigenvalue weighted by Gasteiger charge is 2.31. The summed E-state index contributed by atoms with van der Waals surface area (Å²) in [7, 11) is 0. The number of halogens is 2. The van der Waals surface area contributed by atoms with Crippen LogP contribution in [0.5, 0.6) is 11.5 Å². The Kier molecular flexibility index (Phi) is 7.74. The molecular weight excluding hydrogens is 425 g/mol. The Hall–Kier alpha value is -2.80. The highest BCUT2D eigenvalue weighted by molar-refractivity contribution is 6.32. The SMILES string of the molecule is CCCOc1c(Cl)cc(C(=O)O[C@@H](C(=O)NC2CC2)c2ccc(F)cc2)cc1OCC. The fraction of sp³-hybridized carbons (Fsp3) is 0.391. The fourth-order valence-corrected chi connectivity index (χ4v) is 3.15. The lowest BCUT2D eigenvalue weighted by Gasteiger charge is -2.19. The molecule has 0 spiro atoms. The van der Waals surface area contributed by atoms with Crippen molar-refractivity contribution >= 4 is 23.5 Å². The summed E-state index contributed by atoms with van der Waals surface area (Å²) in [5.41, 5.74) is 0.482. The molecule has 1 saturated carbocycles. The largest absolute Gasteiger partial charge is 0.490 e. The summed E-state index contributed by atoms with van der Waals surface area (Å²) in [5, 5.41) is 3.02. The van der Waals surface area contributed by atoms with Gasteiger partial charge in [-0.25, -0.2) is 9.18 Å². The number of carbonyl (C=O) groups is 2. The van der Waals surface area contributed by atoms with E-state index in [1.807, 2.05) is 6.92 Å². The number of nitrogens with one attached hydrogen (secondary N) is 1. The third kappa shape index (κ3) is 6.10. The van der Waals surface area contributed by atoms with Crippen molar-refractivity contribution in [2.45, 2.75) is 45.3 Å². The van der Waals surface area contributed by atoms with Gasteiger partial charge in [0.05, 0.1) is 23.8 Å². The van der Waals surface area contributed by atoms with Crippen LogP contribution >= 0.6 is 11.6 Å². The van der Waals surface area contributed by atoms with Gasteiger partial charge in [0.2, 0.25) is 6.10 Å². The van der Waals surface area contributed by atoms with Crippen molar-refractivity contribution in [3.63, 3.8) is 0 Å². The number of benzene rings is 2. The van der Waals surface area contributed by atoms with Crippen molar-refractivity contribution in [1.29, 1.82) is 0 Å². The Morgan fingerprint density at radius 2 is 1.87 bits per heavy atom. The maximum absolute atomic E-state index is 13.3. The van der Waals surface area contributed by atoms with Crippen molar-refractivity contribution in [1.82, 2.24) is 5.32 Å². The second-order valence-electron chi connectivity index (χ2n) is 7.19. The van der Waals surface area contributed by atoms with Crippen LogP contribution in [-0.4, -0.2) is 31.1 Å². The summed E-state index contributed by atoms with van der Waals surface area (Å²) in [6, 6.07) is 8.22. The number of esters is 1. The van der Waals surface area contributed by atoms with E-state index in [0.717, 1.165) is 19.3 Å². The Bertz CT molecular complexity index is 930. The molecule has 6 nitrogen and oxygen atoms in total. The second kappa shape index (κ2) is 10.5. The molecule has 0 saturated heterocycles. The molecule has 0 bridgehead atoms. The van der Waals surface area contributed by atoms with Gasteiger partial charge in [0.15, 0.2) is 11.5 Å². The molecule has 8 heteroatoms. The summed E-state index contributed by atoms with van der Waals surface area (Å²) in [5.74, 6) is -1.00. The van der Waals surface area contributed by atoms with Crippen molar-refractivity contribution in [2.24, 2.45) is 0 Å². The Morgan fingerprint density at radius 1 is 1.16 bits per heavy atom. The van der Waals surface area contributed by atoms with Crippen LogP contribution in [0.4, 0.5) is 4.39 Å². The summed E-state index contributed by atoms with van der Waals surface area (Å²) in [6.45, 7) is 4.55. The van der Waals surface area contributed by atoms with Gasteiger partial charge in [0, 0.05) is 11.6 Å². The van der Waals surface area contributed by atoms with Gasteiger partial charge in [-0.2, -0.15) is 0 Å². The number of hydrogen-bond donors (Lipinski definition) is 1. The minimum absolute atomic E-state index is 0.0724. The lowest BCUT2D eigenvalue weighted by atomic mass is 10.1. The maximum Gasteiger partial charge on any atom is 0.339 e. The normalized spacial score (nSPS) is 13.9. The van der Waals surface area contributed by atoms with E-state index in [2.05, 4.69) is 5.32 Å². The first-order chi connectivity index (χ1) is 14.9. The first kappa shape index (κ1) is 22.9. The van der Waals surface area contributed by atoms with Gasteiger partial charge in [0.1, 0.15) is 5.82 Å². The molecule has 166 valence electrons. The van der Waals surface area contributed by atoms with Crippen LogP contribution in [0.2, 0.25) is 5.02 Å². The zero-order chi connectivity index (χ0) is 22.4. The molecule has 0 unspecified atom stereocenters. The Morgan fingerprint density at radius 3 is 2.48 bits per heavy atom. The minimum Gasteiger partial charge on any atom is -0.490 e. The average molecular weight is 450 g/mol. The van der Waals surface area contributed by atoms with E-state index in [1.54, 1.807) is 6.92 Å². The zero-order valence-corrected chi connectivity index (χ0v) is 18.2. The standard InChI is InChI=1S/C23H25ClFNO5/c1-3-11-30-21-18(24)12-15(13-19(21)29-4-2)23(28)31-20(22(27)26-17-9-10-17)14-5-7-16(25)8-6-14/h5-8,12-13,17,20H,3-4,9-11H2,1-2H3,(H,26,27)/t20-/m1/s1. The van der Waals surface area contributed by atoms with E-state index in [4.69, 9.17) is 25.8 Å². The van der Waals surface area contributed by atoms with Gasteiger partial charge < -0.3 is 19.5 Å². The molecular formula is C23H25ClFNO5. The molecule has 2 aromatic rings. The van der Waals surface area contributed by atoms with Gasteiger partial charge in [-0.1, -0.05) is 30.7 Å². The van der Waals surface area contributed by atoms with Crippen LogP contribution in [0.25, 0.3) is 0 Å². The molecule has 1 fully saturated rings. The number of ether oxygens (including phenoxy) is 3. The number of carbonyl (C=O) groups excluding carboxylic acids is 2. The zero-order valence-electron chi connectivity index (χ0n) is 17.5. The highest BCUT2D eigenvalue weighted by Crippen LogP contribution is 2.37. The Balaban J connectivity index is 1.86. The molecule has 1 aliphatic carbocycles. The highest BCUT2D eigenvalue weighted by atomic mass is 35.5. The molecule has 0 radical (unpaired) electrons. The third-order valence-corrected chi connectivity index (χ3v) is 4.84. The van der Waals surface area contributed by atoms with E-state index in [1.165, 1.54) is 36.4 Å². The predicted molar refractivity (Wildman–Crippen MR) is 114 cm³/mol. The van der Waals surface area contributed by atoms with Gasteiger partial charge >= 0.3 is 5.97 Å². The van der Waals surface area contributed by atoms with E-state index in [9.17, 15) is 14.0 Å². The van der Waals surface area contributed by atoms with Gasteiger partial charge in [-0.15, -0.1) is 0 Å². The predicted octanol–water partition coefficient (Wildman–Crippen LogP) is 4.84. The molecule has 31 heavy (non-hydrogen) atoms. The first-order valence-electron chi connectivity index (χ1n) is 10.3. The second-order valence-corrected chi connectivity index (χ2v) is 7.59. The van der Waals surface area contributed by atoms with Gasteiger partial charge in [-0.3, -0.25) is 4.79 Å². The molecule has 1 N–H and O–H groups in total. The monoisotopic (exact) mass is 449 g/mol. The molecule has 0 aromatic heterocycles. The number of amides is 1. The molecule has 0 heterocycles. The molecule has 1 aliphatic rings. The Labute approximate surface area is 185 Å². The number of hydrogen-bond acceptors (Lipinski definition) is 5. The molecule has 2 aromatic carbocycles. The van der Waals surface area contributed by atoms with Crippen molar-refractivity contribution in [2.75, 3.05) is 13.2 Å². The fourth-order valence-electron chi connectivity index (χ4n) is 2.88. The topological polar surface area (TPSA) is 73.9 Å². The third-order valence-electron chi connectivity index (χ3n) is 4.56. The van der Waals surface area contributed by atoms with E-state index in [0.29, 0.717) is 30.3 Å². The van der Waals surface area contributed by atoms with Crippen LogP contribution in [0.15, 0.2) is 36.4 Å². The van der Waals surface area contributed by atoms with Crippen molar-refractivity contribution in [3.05, 3.63) is 58.4 Å². The van der Waals surface area contributed by atoms with Crippen molar-refractivity contribution < 1.29 is 28.2 Å². The van der Waals surface area contributed by atoms with Crippen LogP contribution in [0, 0.1) is 5.82 Å². The molecule has 3 rings (SSSR count). The van der Waals surface area contributed by atoms with Gasteiger partial charge in [-0.05, 0) is 50.5 Å². The summed E-state index contributed by atoms with van der Waals surface area (Å²) < 4.78 is 30.1. The maximum atomic E-state index is 13.3. The van der Waals surface area contributed by atoms with Gasteiger partial charge in [0.25, 0.3) is 5.91 Å². The van der Waals surface area contributed by atoms with Crippen LogP contribution in [0.3, 0.4) is 0 Å². The first-order valence-corrected chi connectivity index (χ1v) is 10.7. The van der Waals surface area contributed by atoms with Crippen LogP contribution in [-0.2, 0) is 9.53 Å². The lowest BCUT2D eigenvalue weighted by Crippen LogP contribution is -2.33. The summed E-state index contributed by atoms with van der Waals surface area (Å²) in [4.78, 5) is 25.6. The minimum atomic E-state index is -1.22. The summed E-state index contributed by atoms with van der Waals surface area (Å²) in [6.07, 6.45) is 1.31. The quantitative estimate of drug-likeness (QED) is 0.525. The lowest BCUT2D eigenvalue weighted by molar-refractivity contribution is -0.130. The van der Waals surface area contributed by atoms with Crippen LogP contribution < -0.4 is 14.8 Å².